The van der Waals surface area contributed by atoms with E-state index in [1.807, 2.05) is 24.3 Å². The molecular weight excluding hydrogens is 187 g/mol. The van der Waals surface area contributed by atoms with E-state index in [2.05, 4.69) is 6.92 Å². The lowest BCUT2D eigenvalue weighted by atomic mass is 9.89. The summed E-state index contributed by atoms with van der Waals surface area (Å²) in [4.78, 5) is 0. The standard InChI is InChI=1S/C12H18BO2/c1-2-3-4-5-10-15-12-8-6-11(13-14)7-9-12/h6-9,14H,2-5,10H2,1H3. The van der Waals surface area contributed by atoms with E-state index in [4.69, 9.17) is 9.76 Å². The van der Waals surface area contributed by atoms with Crippen LogP contribution in [0.3, 0.4) is 0 Å². The fourth-order valence-corrected chi connectivity index (χ4v) is 1.37. The van der Waals surface area contributed by atoms with Gasteiger partial charge in [0, 0.05) is 0 Å². The Morgan fingerprint density at radius 1 is 1.13 bits per heavy atom. The van der Waals surface area contributed by atoms with Crippen LogP contribution >= 0.6 is 0 Å². The highest BCUT2D eigenvalue weighted by Crippen LogP contribution is 2.08. The minimum Gasteiger partial charge on any atom is -0.494 e. The van der Waals surface area contributed by atoms with Crippen molar-refractivity contribution < 1.29 is 9.76 Å². The molecule has 0 aliphatic heterocycles. The molecule has 0 spiro atoms. The third-order valence-corrected chi connectivity index (χ3v) is 2.30. The van der Waals surface area contributed by atoms with Crippen molar-refractivity contribution in [3.63, 3.8) is 0 Å². The molecule has 81 valence electrons. The average Bonchev–Trinajstić information content (AvgIpc) is 2.30. The Kier molecular flexibility index (Phi) is 5.94. The van der Waals surface area contributed by atoms with E-state index in [1.54, 1.807) is 0 Å². The third kappa shape index (κ3) is 4.89. The first-order chi connectivity index (χ1) is 7.36. The van der Waals surface area contributed by atoms with E-state index >= 15 is 0 Å². The highest BCUT2D eigenvalue weighted by molar-refractivity contribution is 6.45. The summed E-state index contributed by atoms with van der Waals surface area (Å²) in [6.45, 7) is 2.98. The third-order valence-electron chi connectivity index (χ3n) is 2.30. The molecule has 3 heteroatoms. The Hall–Kier alpha value is -0.955. The quantitative estimate of drug-likeness (QED) is 0.544. The summed E-state index contributed by atoms with van der Waals surface area (Å²) in [6, 6.07) is 7.42. The van der Waals surface area contributed by atoms with Crippen molar-refractivity contribution in [1.82, 2.24) is 0 Å². The smallest absolute Gasteiger partial charge is 0.326 e. The van der Waals surface area contributed by atoms with Crippen molar-refractivity contribution in [1.29, 1.82) is 0 Å². The second-order valence-corrected chi connectivity index (χ2v) is 3.61. The van der Waals surface area contributed by atoms with Crippen LogP contribution in [0.5, 0.6) is 5.75 Å². The molecule has 0 aliphatic rings. The van der Waals surface area contributed by atoms with Crippen LogP contribution in [0.4, 0.5) is 0 Å². The van der Waals surface area contributed by atoms with Crippen molar-refractivity contribution in [2.24, 2.45) is 0 Å². The molecule has 15 heavy (non-hydrogen) atoms. The largest absolute Gasteiger partial charge is 0.494 e. The van der Waals surface area contributed by atoms with E-state index in [9.17, 15) is 0 Å². The minimum absolute atomic E-state index is 0.780. The molecule has 0 amide bonds. The molecule has 0 saturated heterocycles. The Bertz CT molecular complexity index is 259. The summed E-state index contributed by atoms with van der Waals surface area (Å²) < 4.78 is 5.56. The molecule has 1 aromatic carbocycles. The Morgan fingerprint density at radius 3 is 2.47 bits per heavy atom. The minimum atomic E-state index is 0.780. The average molecular weight is 205 g/mol. The van der Waals surface area contributed by atoms with Gasteiger partial charge >= 0.3 is 7.48 Å². The first-order valence-electron chi connectivity index (χ1n) is 5.57. The maximum atomic E-state index is 8.74. The Labute approximate surface area is 92.6 Å². The van der Waals surface area contributed by atoms with E-state index in [0.717, 1.165) is 31.7 Å². The number of benzene rings is 1. The van der Waals surface area contributed by atoms with Crippen molar-refractivity contribution >= 4 is 12.9 Å². The SMILES string of the molecule is CCCCCCOc1ccc([B]O)cc1. The lowest BCUT2D eigenvalue weighted by molar-refractivity contribution is 0.305. The van der Waals surface area contributed by atoms with Gasteiger partial charge in [0.25, 0.3) is 0 Å². The second kappa shape index (κ2) is 7.35. The van der Waals surface area contributed by atoms with E-state index in [-0.39, 0.29) is 0 Å². The molecule has 0 saturated carbocycles. The van der Waals surface area contributed by atoms with Gasteiger partial charge in [0.15, 0.2) is 0 Å². The van der Waals surface area contributed by atoms with Crippen LogP contribution in [0.2, 0.25) is 0 Å². The lowest BCUT2D eigenvalue weighted by Gasteiger charge is -2.05. The summed E-state index contributed by atoms with van der Waals surface area (Å²) in [7, 11) is 1.09. The number of unbranched alkanes of at least 4 members (excludes halogenated alkanes) is 3. The Morgan fingerprint density at radius 2 is 1.87 bits per heavy atom. The van der Waals surface area contributed by atoms with Crippen molar-refractivity contribution in [2.45, 2.75) is 32.6 Å². The second-order valence-electron chi connectivity index (χ2n) is 3.61. The van der Waals surface area contributed by atoms with Gasteiger partial charge in [-0.25, -0.2) is 0 Å². The summed E-state index contributed by atoms with van der Waals surface area (Å²) in [6.07, 6.45) is 4.88. The first kappa shape index (κ1) is 12.1. The molecular formula is C12H18BO2. The van der Waals surface area contributed by atoms with Gasteiger partial charge in [0.2, 0.25) is 0 Å². The molecule has 0 bridgehead atoms. The highest BCUT2D eigenvalue weighted by atomic mass is 16.5. The van der Waals surface area contributed by atoms with E-state index < -0.39 is 0 Å². The molecule has 0 unspecified atom stereocenters. The summed E-state index contributed by atoms with van der Waals surface area (Å²) in [5, 5.41) is 8.74. The summed E-state index contributed by atoms with van der Waals surface area (Å²) in [5.41, 5.74) is 0.799. The topological polar surface area (TPSA) is 29.5 Å². The molecule has 0 aromatic heterocycles. The summed E-state index contributed by atoms with van der Waals surface area (Å²) in [5.74, 6) is 0.872. The van der Waals surface area contributed by atoms with Crippen molar-refractivity contribution in [2.75, 3.05) is 6.61 Å². The molecule has 1 rings (SSSR count). The van der Waals surface area contributed by atoms with Gasteiger partial charge in [-0.15, -0.1) is 0 Å². The maximum Gasteiger partial charge on any atom is 0.326 e. The molecule has 0 aliphatic carbocycles. The fourth-order valence-electron chi connectivity index (χ4n) is 1.37. The van der Waals surface area contributed by atoms with E-state index in [1.165, 1.54) is 19.3 Å². The van der Waals surface area contributed by atoms with Gasteiger partial charge in [0.1, 0.15) is 5.75 Å². The van der Waals surface area contributed by atoms with E-state index in [0.29, 0.717) is 0 Å². The van der Waals surface area contributed by atoms with Crippen LogP contribution in [-0.2, 0) is 0 Å². The van der Waals surface area contributed by atoms with Crippen LogP contribution in [-0.4, -0.2) is 19.1 Å². The molecule has 0 fully saturated rings. The van der Waals surface area contributed by atoms with Gasteiger partial charge in [-0.1, -0.05) is 43.8 Å². The van der Waals surface area contributed by atoms with Crippen LogP contribution in [0.1, 0.15) is 32.6 Å². The van der Waals surface area contributed by atoms with Crippen LogP contribution in [0.15, 0.2) is 24.3 Å². The Balaban J connectivity index is 2.20. The van der Waals surface area contributed by atoms with Gasteiger partial charge in [-0.05, 0) is 18.6 Å². The lowest BCUT2D eigenvalue weighted by Crippen LogP contribution is -2.12. The summed E-state index contributed by atoms with van der Waals surface area (Å²) >= 11 is 0. The van der Waals surface area contributed by atoms with Crippen LogP contribution in [0.25, 0.3) is 0 Å². The predicted octanol–water partition coefficient (Wildman–Crippen LogP) is 1.88. The zero-order chi connectivity index (χ0) is 10.9. The number of hydrogen-bond donors (Lipinski definition) is 1. The molecule has 2 nitrogen and oxygen atoms in total. The number of ether oxygens (including phenoxy) is 1. The van der Waals surface area contributed by atoms with Gasteiger partial charge in [-0.3, -0.25) is 0 Å². The fraction of sp³-hybridized carbons (Fsp3) is 0.500. The molecule has 1 aromatic rings. The van der Waals surface area contributed by atoms with Gasteiger partial charge in [-0.2, -0.15) is 0 Å². The molecule has 1 N–H and O–H groups in total. The molecule has 1 radical (unpaired) electrons. The van der Waals surface area contributed by atoms with Crippen LogP contribution in [0, 0.1) is 0 Å². The van der Waals surface area contributed by atoms with Crippen molar-refractivity contribution in [3.05, 3.63) is 24.3 Å². The molecule has 0 heterocycles. The van der Waals surface area contributed by atoms with Crippen LogP contribution < -0.4 is 10.2 Å². The zero-order valence-corrected chi connectivity index (χ0v) is 9.28. The monoisotopic (exact) mass is 205 g/mol. The first-order valence-corrected chi connectivity index (χ1v) is 5.57. The highest BCUT2D eigenvalue weighted by Gasteiger charge is 1.95. The van der Waals surface area contributed by atoms with Gasteiger partial charge < -0.3 is 9.76 Å². The zero-order valence-electron chi connectivity index (χ0n) is 9.28. The van der Waals surface area contributed by atoms with Gasteiger partial charge in [0.05, 0.1) is 6.61 Å². The van der Waals surface area contributed by atoms with Crippen molar-refractivity contribution in [3.8, 4) is 5.75 Å². The molecule has 0 atom stereocenters. The maximum absolute atomic E-state index is 8.74. The predicted molar refractivity (Wildman–Crippen MR) is 63.7 cm³/mol. The number of rotatable bonds is 7. The normalized spacial score (nSPS) is 10.0. The number of hydrogen-bond acceptors (Lipinski definition) is 2.